The molecule has 1 rings (SSSR count). The first-order chi connectivity index (χ1) is 7.75. The molecule has 16 heavy (non-hydrogen) atoms. The van der Waals surface area contributed by atoms with Gasteiger partial charge in [0.25, 0.3) is 0 Å². The summed E-state index contributed by atoms with van der Waals surface area (Å²) < 4.78 is 0. The SMILES string of the molecule is CCNCCCCN(C)C1CCCCC1C. The van der Waals surface area contributed by atoms with E-state index in [-0.39, 0.29) is 0 Å². The van der Waals surface area contributed by atoms with Crippen molar-refractivity contribution in [3.05, 3.63) is 0 Å². The van der Waals surface area contributed by atoms with Crippen LogP contribution in [0, 0.1) is 5.92 Å². The van der Waals surface area contributed by atoms with E-state index in [0.717, 1.165) is 18.5 Å². The minimum Gasteiger partial charge on any atom is -0.317 e. The Hall–Kier alpha value is -0.0800. The van der Waals surface area contributed by atoms with E-state index in [2.05, 4.69) is 31.1 Å². The topological polar surface area (TPSA) is 15.3 Å². The molecule has 1 fully saturated rings. The van der Waals surface area contributed by atoms with E-state index in [1.807, 2.05) is 0 Å². The Morgan fingerprint density at radius 2 is 1.94 bits per heavy atom. The van der Waals surface area contributed by atoms with Gasteiger partial charge in [-0.05, 0) is 58.3 Å². The molecule has 0 saturated heterocycles. The van der Waals surface area contributed by atoms with Crippen molar-refractivity contribution in [2.24, 2.45) is 5.92 Å². The predicted molar refractivity (Wildman–Crippen MR) is 71.8 cm³/mol. The normalized spacial score (nSPS) is 26.2. The molecule has 1 aliphatic carbocycles. The van der Waals surface area contributed by atoms with Crippen molar-refractivity contribution in [2.45, 2.75) is 58.4 Å². The molecule has 0 radical (unpaired) electrons. The van der Waals surface area contributed by atoms with Crippen LogP contribution < -0.4 is 5.32 Å². The van der Waals surface area contributed by atoms with Crippen LogP contribution in [-0.2, 0) is 0 Å². The van der Waals surface area contributed by atoms with Crippen molar-refractivity contribution in [2.75, 3.05) is 26.7 Å². The van der Waals surface area contributed by atoms with Gasteiger partial charge in [0.1, 0.15) is 0 Å². The van der Waals surface area contributed by atoms with Gasteiger partial charge in [-0.25, -0.2) is 0 Å². The second kappa shape index (κ2) is 8.08. The van der Waals surface area contributed by atoms with Gasteiger partial charge in [-0.3, -0.25) is 0 Å². The molecule has 1 N–H and O–H groups in total. The highest BCUT2D eigenvalue weighted by Crippen LogP contribution is 2.27. The number of hydrogen-bond acceptors (Lipinski definition) is 2. The summed E-state index contributed by atoms with van der Waals surface area (Å²) >= 11 is 0. The van der Waals surface area contributed by atoms with Crippen LogP contribution in [0.2, 0.25) is 0 Å². The Balaban J connectivity index is 2.10. The van der Waals surface area contributed by atoms with Gasteiger partial charge in [-0.2, -0.15) is 0 Å². The van der Waals surface area contributed by atoms with Crippen LogP contribution in [0.5, 0.6) is 0 Å². The minimum atomic E-state index is 0.855. The molecule has 1 saturated carbocycles. The van der Waals surface area contributed by atoms with Crippen molar-refractivity contribution >= 4 is 0 Å². The van der Waals surface area contributed by atoms with E-state index in [9.17, 15) is 0 Å². The zero-order chi connectivity index (χ0) is 11.8. The van der Waals surface area contributed by atoms with E-state index in [4.69, 9.17) is 0 Å². The molecule has 0 amide bonds. The van der Waals surface area contributed by atoms with Crippen molar-refractivity contribution in [3.63, 3.8) is 0 Å². The number of hydrogen-bond donors (Lipinski definition) is 1. The molecule has 0 aromatic heterocycles. The number of unbranched alkanes of at least 4 members (excludes halogenated alkanes) is 1. The molecule has 2 atom stereocenters. The van der Waals surface area contributed by atoms with E-state index in [1.54, 1.807) is 0 Å². The van der Waals surface area contributed by atoms with Crippen molar-refractivity contribution in [3.8, 4) is 0 Å². The van der Waals surface area contributed by atoms with Gasteiger partial charge >= 0.3 is 0 Å². The van der Waals surface area contributed by atoms with Crippen LogP contribution in [0.1, 0.15) is 52.4 Å². The smallest absolute Gasteiger partial charge is 0.0118 e. The highest BCUT2D eigenvalue weighted by molar-refractivity contribution is 4.79. The molecular weight excluding hydrogens is 196 g/mol. The van der Waals surface area contributed by atoms with E-state index >= 15 is 0 Å². The quantitative estimate of drug-likeness (QED) is 0.672. The van der Waals surface area contributed by atoms with Gasteiger partial charge in [0, 0.05) is 6.04 Å². The zero-order valence-electron chi connectivity index (χ0n) is 11.5. The van der Waals surface area contributed by atoms with E-state index in [0.29, 0.717) is 0 Å². The molecule has 0 bridgehead atoms. The number of rotatable bonds is 7. The van der Waals surface area contributed by atoms with Crippen LogP contribution in [0.3, 0.4) is 0 Å². The van der Waals surface area contributed by atoms with Crippen molar-refractivity contribution in [1.82, 2.24) is 10.2 Å². The van der Waals surface area contributed by atoms with Crippen LogP contribution in [0.25, 0.3) is 0 Å². The largest absolute Gasteiger partial charge is 0.317 e. The van der Waals surface area contributed by atoms with Gasteiger partial charge in [0.05, 0.1) is 0 Å². The summed E-state index contributed by atoms with van der Waals surface area (Å²) in [5.41, 5.74) is 0. The lowest BCUT2D eigenvalue weighted by Crippen LogP contribution is -2.39. The third kappa shape index (κ3) is 4.84. The molecule has 2 unspecified atom stereocenters. The Bertz CT molecular complexity index is 170. The van der Waals surface area contributed by atoms with Crippen molar-refractivity contribution < 1.29 is 0 Å². The first kappa shape index (κ1) is 14.0. The summed E-state index contributed by atoms with van der Waals surface area (Å²) in [5, 5.41) is 3.39. The van der Waals surface area contributed by atoms with Crippen LogP contribution in [-0.4, -0.2) is 37.6 Å². The fraction of sp³-hybridized carbons (Fsp3) is 1.00. The average molecular weight is 226 g/mol. The lowest BCUT2D eigenvalue weighted by Gasteiger charge is -2.36. The second-order valence-corrected chi connectivity index (χ2v) is 5.37. The summed E-state index contributed by atoms with van der Waals surface area (Å²) in [6, 6.07) is 0.855. The van der Waals surface area contributed by atoms with Gasteiger partial charge in [0.15, 0.2) is 0 Å². The maximum atomic E-state index is 3.39. The van der Waals surface area contributed by atoms with Gasteiger partial charge in [-0.1, -0.05) is 26.7 Å². The minimum absolute atomic E-state index is 0.855. The maximum Gasteiger partial charge on any atom is 0.0118 e. The fourth-order valence-electron chi connectivity index (χ4n) is 2.91. The molecule has 0 spiro atoms. The van der Waals surface area contributed by atoms with Gasteiger partial charge in [0.2, 0.25) is 0 Å². The molecule has 96 valence electrons. The summed E-state index contributed by atoms with van der Waals surface area (Å²) in [6.45, 7) is 8.18. The molecular formula is C14H30N2. The first-order valence-corrected chi connectivity index (χ1v) is 7.16. The second-order valence-electron chi connectivity index (χ2n) is 5.37. The lowest BCUT2D eigenvalue weighted by atomic mass is 9.85. The van der Waals surface area contributed by atoms with E-state index < -0.39 is 0 Å². The maximum absolute atomic E-state index is 3.39. The number of nitrogens with one attached hydrogen (secondary N) is 1. The van der Waals surface area contributed by atoms with Gasteiger partial charge < -0.3 is 10.2 Å². The van der Waals surface area contributed by atoms with E-state index in [1.165, 1.54) is 51.6 Å². The molecule has 0 aliphatic heterocycles. The average Bonchev–Trinajstić information content (AvgIpc) is 2.29. The molecule has 0 aromatic carbocycles. The molecule has 2 nitrogen and oxygen atoms in total. The monoisotopic (exact) mass is 226 g/mol. The van der Waals surface area contributed by atoms with Crippen molar-refractivity contribution in [1.29, 1.82) is 0 Å². The summed E-state index contributed by atoms with van der Waals surface area (Å²) in [5.74, 6) is 0.910. The Kier molecular flexibility index (Phi) is 7.06. The third-order valence-electron chi connectivity index (χ3n) is 4.00. The Morgan fingerprint density at radius 1 is 1.19 bits per heavy atom. The van der Waals surface area contributed by atoms with Crippen LogP contribution >= 0.6 is 0 Å². The molecule has 2 heteroatoms. The summed E-state index contributed by atoms with van der Waals surface area (Å²) in [6.07, 6.45) is 8.41. The lowest BCUT2D eigenvalue weighted by molar-refractivity contribution is 0.137. The zero-order valence-corrected chi connectivity index (χ0v) is 11.5. The number of nitrogens with zero attached hydrogens (tertiary/aromatic N) is 1. The fourth-order valence-corrected chi connectivity index (χ4v) is 2.91. The summed E-state index contributed by atoms with van der Waals surface area (Å²) in [7, 11) is 2.32. The highest BCUT2D eigenvalue weighted by Gasteiger charge is 2.24. The van der Waals surface area contributed by atoms with Crippen LogP contribution in [0.15, 0.2) is 0 Å². The van der Waals surface area contributed by atoms with Crippen LogP contribution in [0.4, 0.5) is 0 Å². The molecule has 0 aromatic rings. The van der Waals surface area contributed by atoms with Gasteiger partial charge in [-0.15, -0.1) is 0 Å². The first-order valence-electron chi connectivity index (χ1n) is 7.16. The molecule has 0 heterocycles. The summed E-state index contributed by atoms with van der Waals surface area (Å²) in [4.78, 5) is 2.61. The Labute approximate surface area is 102 Å². The Morgan fingerprint density at radius 3 is 2.62 bits per heavy atom. The standard InChI is InChI=1S/C14H30N2/c1-4-15-11-7-8-12-16(3)14-10-6-5-9-13(14)2/h13-15H,4-12H2,1-3H3. The highest BCUT2D eigenvalue weighted by atomic mass is 15.1. The molecule has 1 aliphatic rings. The predicted octanol–water partition coefficient (Wildman–Crippen LogP) is 2.89. The third-order valence-corrected chi connectivity index (χ3v) is 4.00.